The number of nitrogens with zero attached hydrogens (tertiary/aromatic N) is 2. The Morgan fingerprint density at radius 3 is 2.64 bits per heavy atom. The maximum atomic E-state index is 13.0. The largest absolute Gasteiger partial charge is 0.355 e. The fourth-order valence-electron chi connectivity index (χ4n) is 4.96. The first-order valence-corrected chi connectivity index (χ1v) is 9.52. The quantitative estimate of drug-likeness (QED) is 0.813. The van der Waals surface area contributed by atoms with E-state index in [0.717, 1.165) is 38.0 Å². The Kier molecular flexibility index (Phi) is 4.93. The molecule has 4 rings (SSSR count). The third-order valence-electron chi connectivity index (χ3n) is 6.77. The molecule has 3 heterocycles. The molecule has 140 valence electrons. The molecule has 3 atom stereocenters. The molecule has 0 spiro atoms. The van der Waals surface area contributed by atoms with Crippen LogP contribution in [0.4, 0.5) is 0 Å². The lowest BCUT2D eigenvalue weighted by Gasteiger charge is -2.34. The number of aromatic nitrogens is 2. The van der Waals surface area contributed by atoms with Gasteiger partial charge < -0.3 is 10.6 Å². The summed E-state index contributed by atoms with van der Waals surface area (Å²) in [6.07, 6.45) is 6.73. The van der Waals surface area contributed by atoms with Gasteiger partial charge in [0.1, 0.15) is 0 Å². The number of carbonyl (C=O) groups is 1. The van der Waals surface area contributed by atoms with Gasteiger partial charge in [-0.25, -0.2) is 0 Å². The molecule has 25 heavy (non-hydrogen) atoms. The highest BCUT2D eigenvalue weighted by atomic mass is 35.5. The number of nitrogens with one attached hydrogen (secondary N) is 2. The van der Waals surface area contributed by atoms with Gasteiger partial charge in [-0.1, -0.05) is 6.92 Å². The van der Waals surface area contributed by atoms with E-state index in [4.69, 9.17) is 0 Å². The van der Waals surface area contributed by atoms with Crippen LogP contribution in [0.15, 0.2) is 6.07 Å². The van der Waals surface area contributed by atoms with E-state index >= 15 is 0 Å². The lowest BCUT2D eigenvalue weighted by atomic mass is 9.71. The molecule has 2 bridgehead atoms. The summed E-state index contributed by atoms with van der Waals surface area (Å²) in [5.74, 6) is 0.282. The second-order valence-electron chi connectivity index (χ2n) is 8.47. The molecular formula is C19H31ClN4O. The predicted molar refractivity (Wildman–Crippen MR) is 101 cm³/mol. The van der Waals surface area contributed by atoms with Crippen molar-refractivity contribution in [2.45, 2.75) is 77.9 Å². The van der Waals surface area contributed by atoms with Crippen molar-refractivity contribution in [2.24, 2.45) is 10.8 Å². The number of rotatable bonds is 6. The minimum absolute atomic E-state index is 0. The molecule has 1 amide bonds. The average molecular weight is 367 g/mol. The summed E-state index contributed by atoms with van der Waals surface area (Å²) in [5.41, 5.74) is 2.34. The van der Waals surface area contributed by atoms with Crippen molar-refractivity contribution in [2.75, 3.05) is 6.54 Å². The smallest absolute Gasteiger partial charge is 0.227 e. The van der Waals surface area contributed by atoms with E-state index in [0.29, 0.717) is 12.1 Å². The number of halogens is 1. The summed E-state index contributed by atoms with van der Waals surface area (Å²) >= 11 is 0. The highest BCUT2D eigenvalue weighted by Gasteiger charge is 2.55. The third-order valence-corrected chi connectivity index (χ3v) is 6.77. The topological polar surface area (TPSA) is 59.0 Å². The van der Waals surface area contributed by atoms with E-state index in [1.54, 1.807) is 0 Å². The van der Waals surface area contributed by atoms with Gasteiger partial charge in [-0.2, -0.15) is 5.10 Å². The molecule has 0 aromatic carbocycles. The number of fused-ring (bicyclic) bond motifs is 2. The van der Waals surface area contributed by atoms with E-state index in [2.05, 4.69) is 40.3 Å². The molecule has 1 aromatic rings. The molecule has 3 fully saturated rings. The molecule has 0 unspecified atom stereocenters. The van der Waals surface area contributed by atoms with E-state index in [1.165, 1.54) is 25.0 Å². The summed E-state index contributed by atoms with van der Waals surface area (Å²) in [7, 11) is 0. The number of carbonyl (C=O) groups excluding carboxylic acids is 1. The first kappa shape index (κ1) is 18.7. The van der Waals surface area contributed by atoms with Gasteiger partial charge in [0.15, 0.2) is 0 Å². The Morgan fingerprint density at radius 2 is 2.16 bits per heavy atom. The summed E-state index contributed by atoms with van der Waals surface area (Å²) in [6, 6.07) is 3.07. The Morgan fingerprint density at radius 1 is 1.40 bits per heavy atom. The van der Waals surface area contributed by atoms with Crippen molar-refractivity contribution in [3.05, 3.63) is 17.5 Å². The summed E-state index contributed by atoms with van der Waals surface area (Å²) in [5, 5.41) is 11.6. The zero-order valence-electron chi connectivity index (χ0n) is 15.6. The van der Waals surface area contributed by atoms with Crippen molar-refractivity contribution in [1.29, 1.82) is 0 Å². The lowest BCUT2D eigenvalue weighted by Crippen LogP contribution is -2.49. The van der Waals surface area contributed by atoms with E-state index < -0.39 is 0 Å². The average Bonchev–Trinajstić information content (AvgIpc) is 2.89. The predicted octanol–water partition coefficient (Wildman–Crippen LogP) is 2.74. The number of aryl methyl sites for hydroxylation is 2. The Labute approximate surface area is 156 Å². The molecule has 2 N–H and O–H groups in total. The molecule has 2 aliphatic heterocycles. The Bertz CT molecular complexity index is 654. The van der Waals surface area contributed by atoms with E-state index in [1.807, 2.05) is 6.92 Å². The van der Waals surface area contributed by atoms with Gasteiger partial charge in [-0.15, -0.1) is 12.4 Å². The molecule has 3 aliphatic rings. The molecule has 5 nitrogen and oxygen atoms in total. The maximum absolute atomic E-state index is 13.0. The summed E-state index contributed by atoms with van der Waals surface area (Å²) < 4.78 is 2.11. The molecule has 6 heteroatoms. The van der Waals surface area contributed by atoms with Crippen molar-refractivity contribution < 1.29 is 4.79 Å². The second kappa shape index (κ2) is 6.58. The number of amides is 1. The first-order chi connectivity index (χ1) is 11.5. The second-order valence-corrected chi connectivity index (χ2v) is 8.47. The van der Waals surface area contributed by atoms with Gasteiger partial charge in [0.05, 0.1) is 11.1 Å². The highest BCUT2D eigenvalue weighted by molar-refractivity contribution is 5.85. The van der Waals surface area contributed by atoms with Gasteiger partial charge in [0.25, 0.3) is 0 Å². The zero-order chi connectivity index (χ0) is 16.9. The van der Waals surface area contributed by atoms with Crippen LogP contribution < -0.4 is 10.6 Å². The number of hydrogen-bond donors (Lipinski definition) is 2. The summed E-state index contributed by atoms with van der Waals surface area (Å²) in [6.45, 7) is 8.05. The third kappa shape index (κ3) is 3.21. The minimum atomic E-state index is -0.169. The van der Waals surface area contributed by atoms with Crippen LogP contribution in [0.25, 0.3) is 0 Å². The standard InChI is InChI=1S/C19H30N4O.ClH/c1-4-19(10-15-5-6-16(19)21-15)17(24)20-11-18(7-8-18)12-23-14(3)9-13(2)22-23;/h9,15-16,21H,4-8,10-12H2,1-3H3,(H,20,24);1H/t15-,16+,19+;/m0./s1. The van der Waals surface area contributed by atoms with Crippen LogP contribution in [-0.4, -0.2) is 34.3 Å². The number of hydrogen-bond acceptors (Lipinski definition) is 3. The first-order valence-electron chi connectivity index (χ1n) is 9.52. The maximum Gasteiger partial charge on any atom is 0.227 e. The fourth-order valence-corrected chi connectivity index (χ4v) is 4.96. The molecule has 1 aliphatic carbocycles. The van der Waals surface area contributed by atoms with Gasteiger partial charge >= 0.3 is 0 Å². The van der Waals surface area contributed by atoms with E-state index in [-0.39, 0.29) is 29.1 Å². The van der Waals surface area contributed by atoms with Crippen molar-refractivity contribution in [3.8, 4) is 0 Å². The SMILES string of the molecule is CC[C@@]1(C(=O)NCC2(Cn3nc(C)cc3C)CC2)C[C@@H]2CC[C@H]1N2.Cl. The van der Waals surface area contributed by atoms with Crippen LogP contribution in [0.3, 0.4) is 0 Å². The van der Waals surface area contributed by atoms with Crippen LogP contribution in [0, 0.1) is 24.7 Å². The molecule has 0 radical (unpaired) electrons. The van der Waals surface area contributed by atoms with Crippen molar-refractivity contribution >= 4 is 18.3 Å². The van der Waals surface area contributed by atoms with Crippen LogP contribution in [0.5, 0.6) is 0 Å². The van der Waals surface area contributed by atoms with Crippen molar-refractivity contribution in [1.82, 2.24) is 20.4 Å². The van der Waals surface area contributed by atoms with Crippen LogP contribution >= 0.6 is 12.4 Å². The monoisotopic (exact) mass is 366 g/mol. The van der Waals surface area contributed by atoms with E-state index in [9.17, 15) is 4.79 Å². The van der Waals surface area contributed by atoms with Crippen LogP contribution in [0.1, 0.15) is 56.8 Å². The highest BCUT2D eigenvalue weighted by Crippen LogP contribution is 2.48. The summed E-state index contributed by atoms with van der Waals surface area (Å²) in [4.78, 5) is 13.0. The normalized spacial score (nSPS) is 31.6. The van der Waals surface area contributed by atoms with Crippen molar-refractivity contribution in [3.63, 3.8) is 0 Å². The van der Waals surface area contributed by atoms with Crippen LogP contribution in [-0.2, 0) is 11.3 Å². The van der Waals surface area contributed by atoms with Gasteiger partial charge in [0.2, 0.25) is 5.91 Å². The molecule has 2 saturated heterocycles. The zero-order valence-corrected chi connectivity index (χ0v) is 16.4. The van der Waals surface area contributed by atoms with Crippen LogP contribution in [0.2, 0.25) is 0 Å². The molecule has 1 aromatic heterocycles. The molecular weight excluding hydrogens is 336 g/mol. The van der Waals surface area contributed by atoms with Gasteiger partial charge in [0, 0.05) is 36.3 Å². The lowest BCUT2D eigenvalue weighted by molar-refractivity contribution is -0.132. The van der Waals surface area contributed by atoms with Gasteiger partial charge in [-0.3, -0.25) is 9.48 Å². The minimum Gasteiger partial charge on any atom is -0.355 e. The fraction of sp³-hybridized carbons (Fsp3) is 0.789. The Hall–Kier alpha value is -1.07. The van der Waals surface area contributed by atoms with Gasteiger partial charge in [-0.05, 0) is 58.4 Å². The molecule has 1 saturated carbocycles. The Balaban J connectivity index is 0.00000182.